The van der Waals surface area contributed by atoms with Crippen LogP contribution in [0, 0.1) is 6.92 Å². The van der Waals surface area contributed by atoms with Gasteiger partial charge in [0.2, 0.25) is 0 Å². The van der Waals surface area contributed by atoms with Crippen molar-refractivity contribution in [1.29, 1.82) is 0 Å². The summed E-state index contributed by atoms with van der Waals surface area (Å²) in [7, 11) is 0. The first-order valence-electron chi connectivity index (χ1n) is 13.7. The Balaban J connectivity index is 1.22. The molecule has 0 spiro atoms. The minimum absolute atomic E-state index is 0.206. The molecule has 0 fully saturated rings. The van der Waals surface area contributed by atoms with Gasteiger partial charge in [-0.25, -0.2) is 0 Å². The quantitative estimate of drug-likeness (QED) is 0.218. The number of fused-ring (bicyclic) bond motifs is 1. The second-order valence-electron chi connectivity index (χ2n) is 10.1. The van der Waals surface area contributed by atoms with Crippen molar-refractivity contribution in [2.45, 2.75) is 13.0 Å². The molecule has 6 nitrogen and oxygen atoms in total. The van der Waals surface area contributed by atoms with Crippen LogP contribution < -0.4 is 10.6 Å². The SMILES string of the molecule is Cc1ccc(-c2ccccc2C(=O)Nc2ccc3cc(C(=O)NC(c4ccccc4)c4ccccn4)cnc3c2)cc1. The molecule has 6 rings (SSSR count). The third kappa shape index (κ3) is 5.78. The van der Waals surface area contributed by atoms with Crippen molar-refractivity contribution in [3.8, 4) is 11.1 Å². The number of hydrogen-bond acceptors (Lipinski definition) is 4. The Morgan fingerprint density at radius 2 is 1.48 bits per heavy atom. The number of aromatic nitrogens is 2. The Morgan fingerprint density at radius 1 is 0.714 bits per heavy atom. The zero-order valence-electron chi connectivity index (χ0n) is 23.0. The summed E-state index contributed by atoms with van der Waals surface area (Å²) in [5, 5.41) is 6.90. The smallest absolute Gasteiger partial charge is 0.256 e. The number of carbonyl (C=O) groups excluding carboxylic acids is 2. The molecule has 2 aromatic heterocycles. The average Bonchev–Trinajstić information content (AvgIpc) is 3.04. The van der Waals surface area contributed by atoms with E-state index >= 15 is 0 Å². The summed E-state index contributed by atoms with van der Waals surface area (Å²) in [5.41, 5.74) is 6.99. The Labute approximate surface area is 244 Å². The molecule has 2 amide bonds. The number of hydrogen-bond donors (Lipinski definition) is 2. The maximum Gasteiger partial charge on any atom is 0.256 e. The number of benzene rings is 4. The molecule has 0 saturated carbocycles. The van der Waals surface area contributed by atoms with E-state index in [4.69, 9.17) is 0 Å². The number of rotatable bonds is 7. The van der Waals surface area contributed by atoms with Gasteiger partial charge in [0.1, 0.15) is 0 Å². The Bertz CT molecular complexity index is 1830. The van der Waals surface area contributed by atoms with Gasteiger partial charge in [-0.05, 0) is 60.0 Å². The van der Waals surface area contributed by atoms with Gasteiger partial charge in [-0.3, -0.25) is 19.6 Å². The zero-order chi connectivity index (χ0) is 28.9. The lowest BCUT2D eigenvalue weighted by atomic mass is 9.98. The van der Waals surface area contributed by atoms with E-state index in [2.05, 4.69) is 20.6 Å². The number of aryl methyl sites for hydroxylation is 1. The summed E-state index contributed by atoms with van der Waals surface area (Å²) >= 11 is 0. The second-order valence-corrected chi connectivity index (χ2v) is 10.1. The molecule has 0 radical (unpaired) electrons. The highest BCUT2D eigenvalue weighted by molar-refractivity contribution is 6.09. The molecule has 6 aromatic rings. The first-order valence-corrected chi connectivity index (χ1v) is 13.7. The van der Waals surface area contributed by atoms with Gasteiger partial charge >= 0.3 is 0 Å². The lowest BCUT2D eigenvalue weighted by Gasteiger charge is -2.19. The van der Waals surface area contributed by atoms with Gasteiger partial charge in [0.15, 0.2) is 0 Å². The predicted molar refractivity (Wildman–Crippen MR) is 166 cm³/mol. The molecule has 0 aliphatic rings. The summed E-state index contributed by atoms with van der Waals surface area (Å²) in [4.78, 5) is 35.7. The first-order chi connectivity index (χ1) is 20.5. The Morgan fingerprint density at radius 3 is 2.26 bits per heavy atom. The number of nitrogens with one attached hydrogen (secondary N) is 2. The third-order valence-corrected chi connectivity index (χ3v) is 7.13. The third-order valence-electron chi connectivity index (χ3n) is 7.13. The van der Waals surface area contributed by atoms with Crippen molar-refractivity contribution in [3.63, 3.8) is 0 Å². The normalized spacial score (nSPS) is 11.5. The summed E-state index contributed by atoms with van der Waals surface area (Å²) in [5.74, 6) is -0.461. The van der Waals surface area contributed by atoms with Crippen molar-refractivity contribution in [2.24, 2.45) is 0 Å². The van der Waals surface area contributed by atoms with Crippen molar-refractivity contribution in [3.05, 3.63) is 162 Å². The topological polar surface area (TPSA) is 84.0 Å². The molecule has 0 bridgehead atoms. The van der Waals surface area contributed by atoms with Crippen LogP contribution in [-0.4, -0.2) is 21.8 Å². The maximum atomic E-state index is 13.3. The van der Waals surface area contributed by atoms with Gasteiger partial charge in [-0.1, -0.05) is 90.5 Å². The van der Waals surface area contributed by atoms with Gasteiger partial charge in [0, 0.05) is 29.0 Å². The van der Waals surface area contributed by atoms with E-state index in [1.54, 1.807) is 18.5 Å². The van der Waals surface area contributed by atoms with Crippen LogP contribution in [0.2, 0.25) is 0 Å². The van der Waals surface area contributed by atoms with Gasteiger partial charge in [-0.15, -0.1) is 0 Å². The van der Waals surface area contributed by atoms with E-state index in [0.717, 1.165) is 33.3 Å². The van der Waals surface area contributed by atoms with Gasteiger partial charge in [-0.2, -0.15) is 0 Å². The highest BCUT2D eigenvalue weighted by Gasteiger charge is 2.19. The molecule has 42 heavy (non-hydrogen) atoms. The van der Waals surface area contributed by atoms with Gasteiger partial charge in [0.25, 0.3) is 11.8 Å². The fraction of sp³-hybridized carbons (Fsp3) is 0.0556. The molecule has 204 valence electrons. The molecule has 1 unspecified atom stereocenters. The monoisotopic (exact) mass is 548 g/mol. The molecule has 2 N–H and O–H groups in total. The number of pyridine rings is 2. The minimum Gasteiger partial charge on any atom is -0.339 e. The van der Waals surface area contributed by atoms with Crippen molar-refractivity contribution < 1.29 is 9.59 Å². The summed E-state index contributed by atoms with van der Waals surface area (Å²) in [6, 6.07) is 37.9. The summed E-state index contributed by atoms with van der Waals surface area (Å²) in [6.07, 6.45) is 3.27. The van der Waals surface area contributed by atoms with Crippen LogP contribution in [-0.2, 0) is 0 Å². The zero-order valence-corrected chi connectivity index (χ0v) is 23.0. The minimum atomic E-state index is -0.407. The van der Waals surface area contributed by atoms with E-state index < -0.39 is 6.04 Å². The molecule has 0 aliphatic carbocycles. The molecule has 0 saturated heterocycles. The van der Waals surface area contributed by atoms with Crippen LogP contribution in [0.5, 0.6) is 0 Å². The largest absolute Gasteiger partial charge is 0.339 e. The van der Waals surface area contributed by atoms with E-state index in [-0.39, 0.29) is 11.8 Å². The molecule has 0 aliphatic heterocycles. The van der Waals surface area contributed by atoms with Crippen LogP contribution in [0.15, 0.2) is 134 Å². The van der Waals surface area contributed by atoms with Crippen LogP contribution in [0.4, 0.5) is 5.69 Å². The van der Waals surface area contributed by atoms with Crippen LogP contribution in [0.3, 0.4) is 0 Å². The maximum absolute atomic E-state index is 13.3. The average molecular weight is 549 g/mol. The number of anilines is 1. The first kappa shape index (κ1) is 26.6. The van der Waals surface area contributed by atoms with Gasteiger partial charge in [0.05, 0.1) is 22.8 Å². The molecular formula is C36H28N4O2. The number of nitrogens with zero attached hydrogens (tertiary/aromatic N) is 2. The van der Waals surface area contributed by atoms with Crippen molar-refractivity contribution >= 4 is 28.4 Å². The summed E-state index contributed by atoms with van der Waals surface area (Å²) in [6.45, 7) is 2.04. The van der Waals surface area contributed by atoms with Gasteiger partial charge < -0.3 is 10.6 Å². The van der Waals surface area contributed by atoms with E-state index in [0.29, 0.717) is 22.3 Å². The van der Waals surface area contributed by atoms with E-state index in [1.165, 1.54) is 0 Å². The second kappa shape index (κ2) is 11.9. The summed E-state index contributed by atoms with van der Waals surface area (Å²) < 4.78 is 0. The molecule has 1 atom stereocenters. The van der Waals surface area contributed by atoms with E-state index in [9.17, 15) is 9.59 Å². The fourth-order valence-electron chi connectivity index (χ4n) is 4.92. The van der Waals surface area contributed by atoms with E-state index in [1.807, 2.05) is 122 Å². The molecule has 6 heteroatoms. The standard InChI is InChI=1S/C36H28N4O2/c1-24-14-16-25(17-15-24)30-11-5-6-12-31(30)36(42)39-29-19-18-27-21-28(23-38-33(27)22-29)35(41)40-34(26-9-3-2-4-10-26)32-13-7-8-20-37-32/h2-23,34H,1H3,(H,39,42)(H,40,41). The highest BCUT2D eigenvalue weighted by Crippen LogP contribution is 2.26. The number of carbonyl (C=O) groups is 2. The lowest BCUT2D eigenvalue weighted by molar-refractivity contribution is 0.0941. The Kier molecular flexibility index (Phi) is 7.51. The molecular weight excluding hydrogens is 520 g/mol. The molecule has 2 heterocycles. The highest BCUT2D eigenvalue weighted by atomic mass is 16.2. The van der Waals surface area contributed by atoms with Crippen LogP contribution >= 0.6 is 0 Å². The fourth-order valence-corrected chi connectivity index (χ4v) is 4.92. The van der Waals surface area contributed by atoms with Crippen LogP contribution in [0.25, 0.3) is 22.0 Å². The Hall–Kier alpha value is -5.62. The van der Waals surface area contributed by atoms with Crippen molar-refractivity contribution in [1.82, 2.24) is 15.3 Å². The lowest BCUT2D eigenvalue weighted by Crippen LogP contribution is -2.30. The van der Waals surface area contributed by atoms with Crippen molar-refractivity contribution in [2.75, 3.05) is 5.32 Å². The van der Waals surface area contributed by atoms with Crippen LogP contribution in [0.1, 0.15) is 43.6 Å². The number of amides is 2. The molecule has 4 aromatic carbocycles. The predicted octanol–water partition coefficient (Wildman–Crippen LogP) is 7.38.